The van der Waals surface area contributed by atoms with E-state index in [0.29, 0.717) is 18.2 Å². The summed E-state index contributed by atoms with van der Waals surface area (Å²) < 4.78 is 5.89. The maximum Gasteiger partial charge on any atom is 0.138 e. The average molecular weight is 298 g/mol. The van der Waals surface area contributed by atoms with Gasteiger partial charge in [-0.25, -0.2) is 0 Å². The van der Waals surface area contributed by atoms with Gasteiger partial charge in [0.1, 0.15) is 5.75 Å². The summed E-state index contributed by atoms with van der Waals surface area (Å²) in [6, 6.07) is 13.9. The van der Waals surface area contributed by atoms with Gasteiger partial charge in [-0.3, -0.25) is 4.98 Å². The Morgan fingerprint density at radius 2 is 2.05 bits per heavy atom. The SMILES string of the molecule is Cc1ccc(O)c(CNC[C@H]2CCO[C@@H]2c2ccccc2)n1. The topological polar surface area (TPSA) is 54.4 Å². The first-order chi connectivity index (χ1) is 10.7. The first-order valence-corrected chi connectivity index (χ1v) is 7.77. The number of aromatic hydroxyl groups is 1. The molecule has 1 aliphatic rings. The number of aromatic nitrogens is 1. The molecule has 0 bridgehead atoms. The molecule has 4 nitrogen and oxygen atoms in total. The van der Waals surface area contributed by atoms with Gasteiger partial charge in [-0.05, 0) is 31.0 Å². The summed E-state index contributed by atoms with van der Waals surface area (Å²) in [4.78, 5) is 4.37. The first-order valence-electron chi connectivity index (χ1n) is 7.77. The quantitative estimate of drug-likeness (QED) is 0.891. The lowest BCUT2D eigenvalue weighted by Gasteiger charge is -2.19. The summed E-state index contributed by atoms with van der Waals surface area (Å²) in [6.45, 7) is 4.17. The van der Waals surface area contributed by atoms with Gasteiger partial charge < -0.3 is 15.2 Å². The van der Waals surface area contributed by atoms with Crippen molar-refractivity contribution in [3.8, 4) is 5.75 Å². The molecule has 0 amide bonds. The summed E-state index contributed by atoms with van der Waals surface area (Å²) in [5.74, 6) is 0.703. The lowest BCUT2D eigenvalue weighted by atomic mass is 9.95. The lowest BCUT2D eigenvalue weighted by Crippen LogP contribution is -2.25. The van der Waals surface area contributed by atoms with Crippen LogP contribution in [0.1, 0.15) is 29.5 Å². The molecule has 1 aromatic heterocycles. The largest absolute Gasteiger partial charge is 0.506 e. The minimum Gasteiger partial charge on any atom is -0.506 e. The van der Waals surface area contributed by atoms with Crippen LogP contribution in [0.15, 0.2) is 42.5 Å². The highest BCUT2D eigenvalue weighted by molar-refractivity contribution is 5.27. The van der Waals surface area contributed by atoms with Gasteiger partial charge in [0.15, 0.2) is 0 Å². The van der Waals surface area contributed by atoms with Gasteiger partial charge >= 0.3 is 0 Å². The second-order valence-corrected chi connectivity index (χ2v) is 5.80. The number of pyridine rings is 1. The monoisotopic (exact) mass is 298 g/mol. The third-order valence-corrected chi connectivity index (χ3v) is 4.13. The molecule has 22 heavy (non-hydrogen) atoms. The van der Waals surface area contributed by atoms with Crippen LogP contribution in [0.4, 0.5) is 0 Å². The van der Waals surface area contributed by atoms with E-state index in [1.807, 2.05) is 19.1 Å². The second kappa shape index (κ2) is 6.90. The molecule has 3 rings (SSSR count). The number of rotatable bonds is 5. The van der Waals surface area contributed by atoms with E-state index < -0.39 is 0 Å². The third kappa shape index (κ3) is 3.46. The number of nitrogens with one attached hydrogen (secondary N) is 1. The van der Waals surface area contributed by atoms with Gasteiger partial charge in [-0.2, -0.15) is 0 Å². The Kier molecular flexibility index (Phi) is 4.71. The normalized spacial score (nSPS) is 21.1. The van der Waals surface area contributed by atoms with Crippen LogP contribution in [-0.2, 0) is 11.3 Å². The minimum atomic E-state index is 0.160. The van der Waals surface area contributed by atoms with Crippen molar-refractivity contribution in [2.75, 3.05) is 13.2 Å². The molecule has 0 unspecified atom stereocenters. The van der Waals surface area contributed by atoms with Crippen LogP contribution < -0.4 is 5.32 Å². The number of nitrogens with zero attached hydrogens (tertiary/aromatic N) is 1. The summed E-state index contributed by atoms with van der Waals surface area (Å²) in [5.41, 5.74) is 2.86. The molecule has 1 aliphatic heterocycles. The van der Waals surface area contributed by atoms with Gasteiger partial charge in [0, 0.05) is 31.3 Å². The molecule has 2 aromatic rings. The molecular weight excluding hydrogens is 276 g/mol. The highest BCUT2D eigenvalue weighted by Crippen LogP contribution is 2.33. The molecule has 0 spiro atoms. The standard InChI is InChI=1S/C18H22N2O2/c1-13-7-8-17(21)16(20-13)12-19-11-15-9-10-22-18(15)14-5-3-2-4-6-14/h2-8,15,18-19,21H,9-12H2,1H3/t15-,18-/m1/s1. The van der Waals surface area contributed by atoms with E-state index in [9.17, 15) is 5.11 Å². The zero-order valence-corrected chi connectivity index (χ0v) is 12.8. The summed E-state index contributed by atoms with van der Waals surface area (Å²) >= 11 is 0. The second-order valence-electron chi connectivity index (χ2n) is 5.80. The van der Waals surface area contributed by atoms with E-state index in [4.69, 9.17) is 4.74 Å². The van der Waals surface area contributed by atoms with Crippen molar-refractivity contribution in [2.24, 2.45) is 5.92 Å². The minimum absolute atomic E-state index is 0.160. The number of aryl methyl sites for hydroxylation is 1. The molecule has 4 heteroatoms. The fraction of sp³-hybridized carbons (Fsp3) is 0.389. The summed E-state index contributed by atoms with van der Waals surface area (Å²) in [5, 5.41) is 13.2. The van der Waals surface area contributed by atoms with Crippen LogP contribution in [0, 0.1) is 12.8 Å². The maximum atomic E-state index is 9.83. The molecule has 2 N–H and O–H groups in total. The van der Waals surface area contributed by atoms with E-state index in [2.05, 4.69) is 34.6 Å². The van der Waals surface area contributed by atoms with Gasteiger partial charge in [0.05, 0.1) is 11.8 Å². The van der Waals surface area contributed by atoms with Crippen molar-refractivity contribution in [1.29, 1.82) is 0 Å². The zero-order chi connectivity index (χ0) is 15.4. The molecule has 1 fully saturated rings. The summed E-state index contributed by atoms with van der Waals surface area (Å²) in [7, 11) is 0. The molecule has 0 aliphatic carbocycles. The van der Waals surface area contributed by atoms with Crippen LogP contribution in [-0.4, -0.2) is 23.2 Å². The molecule has 0 radical (unpaired) electrons. The van der Waals surface area contributed by atoms with Gasteiger partial charge in [0.25, 0.3) is 0 Å². The Bertz CT molecular complexity index is 616. The molecule has 2 atom stereocenters. The maximum absolute atomic E-state index is 9.83. The number of hydrogen-bond acceptors (Lipinski definition) is 4. The number of hydrogen-bond donors (Lipinski definition) is 2. The first kappa shape index (κ1) is 15.0. The lowest BCUT2D eigenvalue weighted by molar-refractivity contribution is 0.0904. The Hall–Kier alpha value is -1.91. The van der Waals surface area contributed by atoms with Crippen molar-refractivity contribution >= 4 is 0 Å². The molecule has 0 saturated carbocycles. The van der Waals surface area contributed by atoms with E-state index in [1.165, 1.54) is 5.56 Å². The van der Waals surface area contributed by atoms with Gasteiger partial charge in [-0.1, -0.05) is 30.3 Å². The molecule has 1 aromatic carbocycles. The number of benzene rings is 1. The predicted molar refractivity (Wildman–Crippen MR) is 85.6 cm³/mol. The Balaban J connectivity index is 1.58. The van der Waals surface area contributed by atoms with Crippen LogP contribution in [0.3, 0.4) is 0 Å². The zero-order valence-electron chi connectivity index (χ0n) is 12.8. The highest BCUT2D eigenvalue weighted by atomic mass is 16.5. The van der Waals surface area contributed by atoms with Crippen LogP contribution >= 0.6 is 0 Å². The van der Waals surface area contributed by atoms with E-state index >= 15 is 0 Å². The fourth-order valence-corrected chi connectivity index (χ4v) is 2.96. The van der Waals surface area contributed by atoms with Crippen LogP contribution in [0.25, 0.3) is 0 Å². The van der Waals surface area contributed by atoms with E-state index in [1.54, 1.807) is 6.07 Å². The highest BCUT2D eigenvalue weighted by Gasteiger charge is 2.29. The fourth-order valence-electron chi connectivity index (χ4n) is 2.96. The Morgan fingerprint density at radius 1 is 1.23 bits per heavy atom. The van der Waals surface area contributed by atoms with Gasteiger partial charge in [0.2, 0.25) is 0 Å². The molecule has 1 saturated heterocycles. The van der Waals surface area contributed by atoms with E-state index in [-0.39, 0.29) is 11.9 Å². The Labute approximate surface area is 131 Å². The van der Waals surface area contributed by atoms with Crippen molar-refractivity contribution in [3.05, 3.63) is 59.4 Å². The number of ether oxygens (including phenoxy) is 1. The van der Waals surface area contributed by atoms with Crippen molar-refractivity contribution in [1.82, 2.24) is 10.3 Å². The molecular formula is C18H22N2O2. The predicted octanol–water partition coefficient (Wildman–Crippen LogP) is 2.96. The molecule has 2 heterocycles. The summed E-state index contributed by atoms with van der Waals surface area (Å²) in [6.07, 6.45) is 1.22. The van der Waals surface area contributed by atoms with E-state index in [0.717, 1.165) is 25.3 Å². The van der Waals surface area contributed by atoms with Gasteiger partial charge in [-0.15, -0.1) is 0 Å². The third-order valence-electron chi connectivity index (χ3n) is 4.13. The van der Waals surface area contributed by atoms with Crippen molar-refractivity contribution in [3.63, 3.8) is 0 Å². The van der Waals surface area contributed by atoms with Crippen molar-refractivity contribution < 1.29 is 9.84 Å². The van der Waals surface area contributed by atoms with Crippen LogP contribution in [0.2, 0.25) is 0 Å². The van der Waals surface area contributed by atoms with Crippen LogP contribution in [0.5, 0.6) is 5.75 Å². The average Bonchev–Trinajstić information content (AvgIpc) is 3.00. The van der Waals surface area contributed by atoms with Crippen molar-refractivity contribution in [2.45, 2.75) is 26.0 Å². The molecule has 116 valence electrons. The Morgan fingerprint density at radius 3 is 2.86 bits per heavy atom. The smallest absolute Gasteiger partial charge is 0.138 e.